The SMILES string of the molecule is CC(=NNc1cc(NN=C(C)c2ccc(S(=O)(=O)c3ccccc3)cc2)nc(Nc2ccccc2)n1)c1ccc(S(=O)(=O)c2ccccc2)cc1. The van der Waals surface area contributed by atoms with Crippen LogP contribution < -0.4 is 16.2 Å². The lowest BCUT2D eigenvalue weighted by atomic mass is 10.1. The summed E-state index contributed by atoms with van der Waals surface area (Å²) < 4.78 is 52.0. The zero-order valence-corrected chi connectivity index (χ0v) is 29.2. The largest absolute Gasteiger partial charge is 0.324 e. The van der Waals surface area contributed by atoms with Gasteiger partial charge in [0.2, 0.25) is 25.6 Å². The van der Waals surface area contributed by atoms with Crippen molar-refractivity contribution >= 4 is 54.4 Å². The number of hydrogen-bond donors (Lipinski definition) is 3. The van der Waals surface area contributed by atoms with Gasteiger partial charge in [-0.25, -0.2) is 16.8 Å². The third-order valence-electron chi connectivity index (χ3n) is 7.70. The Balaban J connectivity index is 1.21. The molecular formula is C38H33N7O4S2. The first-order valence-electron chi connectivity index (χ1n) is 15.7. The van der Waals surface area contributed by atoms with Gasteiger partial charge >= 0.3 is 0 Å². The molecule has 256 valence electrons. The Morgan fingerprint density at radius 3 is 1.24 bits per heavy atom. The summed E-state index contributed by atoms with van der Waals surface area (Å²) in [6.45, 7) is 3.59. The normalized spacial score (nSPS) is 12.3. The van der Waals surface area contributed by atoms with Crippen LogP contribution in [-0.2, 0) is 19.7 Å². The van der Waals surface area contributed by atoms with Crippen LogP contribution in [0.3, 0.4) is 0 Å². The average molecular weight is 716 g/mol. The Morgan fingerprint density at radius 1 is 0.490 bits per heavy atom. The van der Waals surface area contributed by atoms with E-state index in [2.05, 4.69) is 36.3 Å². The second-order valence-corrected chi connectivity index (χ2v) is 15.2. The molecule has 0 spiro atoms. The van der Waals surface area contributed by atoms with Crippen LogP contribution in [-0.4, -0.2) is 38.2 Å². The van der Waals surface area contributed by atoms with Gasteiger partial charge in [0.25, 0.3) is 0 Å². The molecule has 0 amide bonds. The molecule has 5 aromatic carbocycles. The molecule has 0 saturated carbocycles. The molecule has 11 nitrogen and oxygen atoms in total. The van der Waals surface area contributed by atoms with E-state index in [9.17, 15) is 16.8 Å². The standard InChI is InChI=1S/C38H33N7O4S2/c1-27(29-18-22-34(23-19-29)50(46,47)32-14-8-4-9-15-32)42-44-36-26-37(41-38(40-36)39-31-12-6-3-7-13-31)45-43-28(2)30-20-24-35(25-21-30)51(48,49)33-16-10-5-11-17-33/h3-26H,1-2H3,(H3,39,40,41,44,45). The monoisotopic (exact) mass is 715 g/mol. The van der Waals surface area contributed by atoms with Gasteiger partial charge in [0.15, 0.2) is 11.6 Å². The van der Waals surface area contributed by atoms with Crippen molar-refractivity contribution in [1.82, 2.24) is 9.97 Å². The first kappa shape index (κ1) is 34.7. The smallest absolute Gasteiger partial charge is 0.231 e. The Hall–Kier alpha value is -6.18. The molecule has 0 aliphatic carbocycles. The van der Waals surface area contributed by atoms with Crippen LogP contribution in [0.4, 0.5) is 23.3 Å². The Kier molecular flexibility index (Phi) is 10.3. The van der Waals surface area contributed by atoms with Crippen molar-refractivity contribution in [1.29, 1.82) is 0 Å². The summed E-state index contributed by atoms with van der Waals surface area (Å²) >= 11 is 0. The Morgan fingerprint density at radius 2 is 0.843 bits per heavy atom. The highest BCUT2D eigenvalue weighted by atomic mass is 32.2. The molecule has 6 rings (SSSR count). The van der Waals surface area contributed by atoms with Crippen LogP contribution in [0, 0.1) is 0 Å². The van der Waals surface area contributed by atoms with E-state index in [1.807, 2.05) is 30.3 Å². The van der Waals surface area contributed by atoms with Crippen LogP contribution >= 0.6 is 0 Å². The molecule has 0 aliphatic rings. The summed E-state index contributed by atoms with van der Waals surface area (Å²) in [5.41, 5.74) is 9.32. The molecule has 1 heterocycles. The number of benzene rings is 5. The van der Waals surface area contributed by atoms with Crippen molar-refractivity contribution in [2.24, 2.45) is 10.2 Å². The number of para-hydroxylation sites is 1. The van der Waals surface area contributed by atoms with Crippen molar-refractivity contribution in [2.75, 3.05) is 16.2 Å². The van der Waals surface area contributed by atoms with E-state index < -0.39 is 19.7 Å². The maximum Gasteiger partial charge on any atom is 0.231 e. The van der Waals surface area contributed by atoms with Crippen LogP contribution in [0.25, 0.3) is 0 Å². The number of nitrogens with zero attached hydrogens (tertiary/aromatic N) is 4. The fourth-order valence-electron chi connectivity index (χ4n) is 4.90. The van der Waals surface area contributed by atoms with Crippen molar-refractivity contribution in [2.45, 2.75) is 33.4 Å². The highest BCUT2D eigenvalue weighted by Gasteiger charge is 2.18. The summed E-state index contributed by atoms with van der Waals surface area (Å²) in [5, 5.41) is 12.1. The zero-order valence-electron chi connectivity index (χ0n) is 27.6. The van der Waals surface area contributed by atoms with Gasteiger partial charge in [-0.15, -0.1) is 0 Å². The minimum atomic E-state index is -3.64. The van der Waals surface area contributed by atoms with Gasteiger partial charge < -0.3 is 5.32 Å². The van der Waals surface area contributed by atoms with Gasteiger partial charge in [-0.1, -0.05) is 78.9 Å². The minimum absolute atomic E-state index is 0.186. The summed E-state index contributed by atoms with van der Waals surface area (Å²) in [6.07, 6.45) is 0. The number of rotatable bonds is 12. The molecule has 0 radical (unpaired) electrons. The van der Waals surface area contributed by atoms with Crippen molar-refractivity contribution in [3.05, 3.63) is 157 Å². The maximum absolute atomic E-state index is 13.0. The fraction of sp³-hybridized carbons (Fsp3) is 0.0526. The Bertz CT molecular complexity index is 2260. The van der Waals surface area contributed by atoms with Gasteiger partial charge in [0.05, 0.1) is 31.0 Å². The maximum atomic E-state index is 13.0. The molecule has 0 unspecified atom stereocenters. The molecule has 0 atom stereocenters. The second kappa shape index (κ2) is 15.2. The third-order valence-corrected chi connectivity index (χ3v) is 11.3. The van der Waals surface area contributed by atoms with Crippen LogP contribution in [0.15, 0.2) is 175 Å². The fourth-order valence-corrected chi connectivity index (χ4v) is 7.47. The second-order valence-electron chi connectivity index (χ2n) is 11.3. The number of aromatic nitrogens is 2. The highest BCUT2D eigenvalue weighted by Crippen LogP contribution is 2.23. The number of nitrogens with one attached hydrogen (secondary N) is 3. The molecule has 0 aliphatic heterocycles. The molecule has 3 N–H and O–H groups in total. The summed E-state index contributed by atoms with van der Waals surface area (Å²) in [7, 11) is -7.28. The van der Waals surface area contributed by atoms with Gasteiger partial charge in [-0.2, -0.15) is 20.2 Å². The predicted molar refractivity (Wildman–Crippen MR) is 200 cm³/mol. The minimum Gasteiger partial charge on any atom is -0.324 e. The molecule has 0 bridgehead atoms. The average Bonchev–Trinajstić information content (AvgIpc) is 3.17. The molecule has 13 heteroatoms. The first-order valence-corrected chi connectivity index (χ1v) is 18.7. The molecule has 0 fully saturated rings. The summed E-state index contributed by atoms with van der Waals surface area (Å²) in [5.74, 6) is 0.995. The highest BCUT2D eigenvalue weighted by molar-refractivity contribution is 7.91. The van der Waals surface area contributed by atoms with E-state index in [0.29, 0.717) is 34.2 Å². The number of hydrazone groups is 2. The van der Waals surface area contributed by atoms with Gasteiger partial charge in [0, 0.05) is 11.8 Å². The lowest BCUT2D eigenvalue weighted by Gasteiger charge is -2.11. The summed E-state index contributed by atoms with van der Waals surface area (Å²) in [4.78, 5) is 9.93. The quantitative estimate of drug-likeness (QED) is 0.0860. The van der Waals surface area contributed by atoms with E-state index in [1.54, 1.807) is 129 Å². The van der Waals surface area contributed by atoms with Crippen LogP contribution in [0.1, 0.15) is 25.0 Å². The van der Waals surface area contributed by atoms with Crippen molar-refractivity contribution in [3.63, 3.8) is 0 Å². The van der Waals surface area contributed by atoms with Gasteiger partial charge in [-0.05, 0) is 85.6 Å². The van der Waals surface area contributed by atoms with Gasteiger partial charge in [0.1, 0.15) is 0 Å². The van der Waals surface area contributed by atoms with Crippen molar-refractivity contribution in [3.8, 4) is 0 Å². The third kappa shape index (κ3) is 8.35. The molecule has 0 saturated heterocycles. The molecule has 6 aromatic rings. The number of hydrogen-bond acceptors (Lipinski definition) is 11. The topological polar surface area (TPSA) is 155 Å². The first-order chi connectivity index (χ1) is 24.6. The molecule has 51 heavy (non-hydrogen) atoms. The van der Waals surface area contributed by atoms with Crippen LogP contribution in [0.2, 0.25) is 0 Å². The lowest BCUT2D eigenvalue weighted by molar-refractivity contribution is 0.594. The summed E-state index contributed by atoms with van der Waals surface area (Å²) in [6, 6.07) is 40.7. The van der Waals surface area contributed by atoms with E-state index in [-0.39, 0.29) is 25.5 Å². The van der Waals surface area contributed by atoms with Gasteiger partial charge in [-0.3, -0.25) is 10.9 Å². The number of sulfone groups is 2. The van der Waals surface area contributed by atoms with Crippen LogP contribution in [0.5, 0.6) is 0 Å². The molecular weight excluding hydrogens is 683 g/mol. The lowest BCUT2D eigenvalue weighted by Crippen LogP contribution is -2.07. The molecule has 1 aromatic heterocycles. The Labute approximate surface area is 296 Å². The van der Waals surface area contributed by atoms with Crippen molar-refractivity contribution < 1.29 is 16.8 Å². The number of anilines is 4. The van der Waals surface area contributed by atoms with E-state index in [1.165, 1.54) is 0 Å². The van der Waals surface area contributed by atoms with E-state index in [0.717, 1.165) is 5.69 Å². The zero-order chi connectivity index (χ0) is 35.8. The predicted octanol–water partition coefficient (Wildman–Crippen LogP) is 7.56. The van der Waals surface area contributed by atoms with E-state index >= 15 is 0 Å². The van der Waals surface area contributed by atoms with E-state index in [4.69, 9.17) is 0 Å².